The molecule has 5 rings (SSSR count). The maximum absolute atomic E-state index is 11.9. The van der Waals surface area contributed by atoms with Gasteiger partial charge < -0.3 is 15.0 Å². The van der Waals surface area contributed by atoms with Gasteiger partial charge in [0.05, 0.1) is 35.1 Å². The predicted molar refractivity (Wildman–Crippen MR) is 134 cm³/mol. The minimum Gasteiger partial charge on any atom is -0.447 e. The molecule has 5 heterocycles. The molecule has 0 saturated carbocycles. The number of piperidine rings is 1. The molecule has 0 radical (unpaired) electrons. The highest BCUT2D eigenvalue weighted by Gasteiger charge is 2.23. The lowest BCUT2D eigenvalue weighted by atomic mass is 10.0. The van der Waals surface area contributed by atoms with Crippen molar-refractivity contribution in [3.63, 3.8) is 0 Å². The van der Waals surface area contributed by atoms with Crippen molar-refractivity contribution in [2.75, 3.05) is 18.0 Å². The molecular formula is C26H29N8O2+. The molecule has 0 aliphatic carbocycles. The summed E-state index contributed by atoms with van der Waals surface area (Å²) >= 11 is 0. The highest BCUT2D eigenvalue weighted by Crippen LogP contribution is 2.32. The maximum Gasteiger partial charge on any atom is 0.407 e. The van der Waals surface area contributed by atoms with Gasteiger partial charge in [-0.2, -0.15) is 15.5 Å². The van der Waals surface area contributed by atoms with Crippen molar-refractivity contribution in [3.05, 3.63) is 54.7 Å². The van der Waals surface area contributed by atoms with Crippen molar-refractivity contribution >= 4 is 17.4 Å². The van der Waals surface area contributed by atoms with Crippen LogP contribution in [-0.4, -0.2) is 51.0 Å². The van der Waals surface area contributed by atoms with E-state index in [2.05, 4.69) is 32.5 Å². The molecule has 10 nitrogen and oxygen atoms in total. The molecule has 4 aromatic rings. The number of nitrogens with one attached hydrogen (secondary N) is 2. The Balaban J connectivity index is 1.37. The Morgan fingerprint density at radius 1 is 1.25 bits per heavy atom. The SMILES string of the molecule is CC(C)OC(=O)NC1CCN(c2ccc(-c3cc(-c4c[nH][n+](C)c4)cn4ncc(C#N)c34)cn2)CC1. The van der Waals surface area contributed by atoms with Crippen molar-refractivity contribution in [2.45, 2.75) is 38.8 Å². The summed E-state index contributed by atoms with van der Waals surface area (Å²) < 4.78 is 8.83. The highest BCUT2D eigenvalue weighted by atomic mass is 16.6. The lowest BCUT2D eigenvalue weighted by molar-refractivity contribution is -0.726. The number of alkyl carbamates (subject to hydrolysis) is 1. The number of carbonyl (C=O) groups excluding carboxylic acids is 1. The largest absolute Gasteiger partial charge is 0.447 e. The Kier molecular flexibility index (Phi) is 6.29. The fraction of sp³-hybridized carbons (Fsp3) is 0.346. The first-order chi connectivity index (χ1) is 17.4. The van der Waals surface area contributed by atoms with E-state index in [9.17, 15) is 10.1 Å². The van der Waals surface area contributed by atoms with Gasteiger partial charge in [-0.15, -0.1) is 4.68 Å². The molecule has 36 heavy (non-hydrogen) atoms. The molecule has 0 bridgehead atoms. The molecule has 1 aliphatic rings. The number of aryl methyl sites for hydroxylation is 1. The number of fused-ring (bicyclic) bond motifs is 1. The van der Waals surface area contributed by atoms with Crippen LogP contribution in [0.5, 0.6) is 0 Å². The number of anilines is 1. The third-order valence-electron chi connectivity index (χ3n) is 6.36. The molecule has 1 saturated heterocycles. The normalized spacial score (nSPS) is 14.2. The number of nitriles is 1. The minimum atomic E-state index is -0.357. The van der Waals surface area contributed by atoms with E-state index in [-0.39, 0.29) is 18.2 Å². The van der Waals surface area contributed by atoms with Gasteiger partial charge >= 0.3 is 6.09 Å². The summed E-state index contributed by atoms with van der Waals surface area (Å²) in [4.78, 5) is 18.9. The van der Waals surface area contributed by atoms with Gasteiger partial charge in [0.15, 0.2) is 7.05 Å². The van der Waals surface area contributed by atoms with Crippen LogP contribution in [0, 0.1) is 11.3 Å². The number of hydrogen-bond donors (Lipinski definition) is 2. The van der Waals surface area contributed by atoms with Gasteiger partial charge in [0.2, 0.25) is 6.20 Å². The zero-order valence-electron chi connectivity index (χ0n) is 20.6. The van der Waals surface area contributed by atoms with Crippen LogP contribution in [0.1, 0.15) is 32.3 Å². The van der Waals surface area contributed by atoms with Gasteiger partial charge in [0.1, 0.15) is 11.9 Å². The average Bonchev–Trinajstić information content (AvgIpc) is 3.49. The van der Waals surface area contributed by atoms with Gasteiger partial charge in [-0.25, -0.2) is 14.3 Å². The van der Waals surface area contributed by atoms with Gasteiger partial charge in [0.25, 0.3) is 0 Å². The van der Waals surface area contributed by atoms with Crippen LogP contribution in [0.3, 0.4) is 0 Å². The van der Waals surface area contributed by atoms with Crippen LogP contribution in [0.25, 0.3) is 27.8 Å². The summed E-state index contributed by atoms with van der Waals surface area (Å²) in [5, 5.41) is 20.2. The number of H-pyrrole nitrogens is 1. The number of rotatable bonds is 5. The second-order valence-electron chi connectivity index (χ2n) is 9.34. The number of ether oxygens (including phenoxy) is 1. The molecule has 0 spiro atoms. The van der Waals surface area contributed by atoms with Crippen LogP contribution < -0.4 is 14.9 Å². The van der Waals surface area contributed by atoms with E-state index in [1.165, 1.54) is 0 Å². The Morgan fingerprint density at radius 2 is 2.06 bits per heavy atom. The second kappa shape index (κ2) is 9.70. The van der Waals surface area contributed by atoms with Crippen LogP contribution in [0.15, 0.2) is 49.2 Å². The first kappa shape index (κ1) is 23.4. The van der Waals surface area contributed by atoms with E-state index in [1.54, 1.807) is 10.7 Å². The van der Waals surface area contributed by atoms with E-state index >= 15 is 0 Å². The summed E-state index contributed by atoms with van der Waals surface area (Å²) in [5.41, 5.74) is 5.10. The molecule has 1 fully saturated rings. The van der Waals surface area contributed by atoms with Gasteiger partial charge in [-0.3, -0.25) is 0 Å². The van der Waals surface area contributed by atoms with E-state index in [4.69, 9.17) is 9.72 Å². The zero-order chi connectivity index (χ0) is 25.2. The third kappa shape index (κ3) is 4.73. The number of nitrogens with zero attached hydrogens (tertiary/aromatic N) is 6. The fourth-order valence-corrected chi connectivity index (χ4v) is 4.59. The van der Waals surface area contributed by atoms with Crippen LogP contribution in [0.4, 0.5) is 10.6 Å². The van der Waals surface area contributed by atoms with Crippen molar-refractivity contribution in [1.82, 2.24) is 25.0 Å². The molecule has 184 valence electrons. The maximum atomic E-state index is 11.9. The Morgan fingerprint density at radius 3 is 2.69 bits per heavy atom. The molecule has 0 unspecified atom stereocenters. The average molecular weight is 486 g/mol. The number of hydrogen-bond acceptors (Lipinski definition) is 6. The monoisotopic (exact) mass is 485 g/mol. The minimum absolute atomic E-state index is 0.101. The number of aromatic amines is 1. The summed E-state index contributed by atoms with van der Waals surface area (Å²) in [6, 6.07) is 8.48. The quantitative estimate of drug-likeness (QED) is 0.420. The Hall–Kier alpha value is -4.39. The van der Waals surface area contributed by atoms with Crippen LogP contribution in [-0.2, 0) is 11.8 Å². The van der Waals surface area contributed by atoms with Gasteiger partial charge in [-0.1, -0.05) is 0 Å². The van der Waals surface area contributed by atoms with Gasteiger partial charge in [0, 0.05) is 48.2 Å². The van der Waals surface area contributed by atoms with Crippen molar-refractivity contribution in [2.24, 2.45) is 7.05 Å². The fourth-order valence-electron chi connectivity index (χ4n) is 4.59. The highest BCUT2D eigenvalue weighted by molar-refractivity contribution is 5.87. The lowest BCUT2D eigenvalue weighted by Crippen LogP contribution is -2.45. The standard InChI is InChI=1S/C26H28N8O2/c1-17(2)36-26(35)31-22-6-8-33(9-7-22)24-5-4-18(12-28-24)23-10-19(21-14-29-32(3)15-21)16-34-25(23)20(11-27)13-30-34/h4-5,10,12-17,22H,6-9H2,1-3H3,(H,31,35)/p+1. The van der Waals surface area contributed by atoms with Crippen molar-refractivity contribution in [3.8, 4) is 28.3 Å². The lowest BCUT2D eigenvalue weighted by Gasteiger charge is -2.33. The smallest absolute Gasteiger partial charge is 0.407 e. The first-order valence-corrected chi connectivity index (χ1v) is 12.1. The predicted octanol–water partition coefficient (Wildman–Crippen LogP) is 3.19. The molecular weight excluding hydrogens is 456 g/mol. The van der Waals surface area contributed by atoms with Crippen LogP contribution in [0.2, 0.25) is 0 Å². The first-order valence-electron chi connectivity index (χ1n) is 12.1. The topological polar surface area (TPSA) is 115 Å². The number of amides is 1. The zero-order valence-corrected chi connectivity index (χ0v) is 20.6. The molecule has 0 atom stereocenters. The summed E-state index contributed by atoms with van der Waals surface area (Å²) in [6.07, 6.45) is 10.5. The second-order valence-corrected chi connectivity index (χ2v) is 9.34. The molecule has 0 aromatic carbocycles. The molecule has 1 amide bonds. The molecule has 4 aromatic heterocycles. The number of carbonyl (C=O) groups is 1. The summed E-state index contributed by atoms with van der Waals surface area (Å²) in [5.74, 6) is 0.890. The molecule has 2 N–H and O–H groups in total. The van der Waals surface area contributed by atoms with E-state index in [0.717, 1.165) is 59.5 Å². The molecule has 10 heteroatoms. The van der Waals surface area contributed by atoms with Crippen molar-refractivity contribution < 1.29 is 14.2 Å². The van der Waals surface area contributed by atoms with Crippen molar-refractivity contribution in [1.29, 1.82) is 5.26 Å². The third-order valence-corrected chi connectivity index (χ3v) is 6.36. The summed E-state index contributed by atoms with van der Waals surface area (Å²) in [7, 11) is 1.93. The van der Waals surface area contributed by atoms with Gasteiger partial charge in [-0.05, 0) is 44.9 Å². The molecule has 1 aliphatic heterocycles. The Bertz CT molecular complexity index is 1420. The van der Waals surface area contributed by atoms with Crippen LogP contribution >= 0.6 is 0 Å². The number of pyridine rings is 2. The number of aromatic nitrogens is 5. The summed E-state index contributed by atoms with van der Waals surface area (Å²) in [6.45, 7) is 5.27. The Labute approximate surface area is 209 Å². The van der Waals surface area contributed by atoms with E-state index < -0.39 is 0 Å². The van der Waals surface area contributed by atoms with E-state index in [0.29, 0.717) is 5.56 Å². The van der Waals surface area contributed by atoms with E-state index in [1.807, 2.05) is 62.5 Å².